The first kappa shape index (κ1) is 13.1. The summed E-state index contributed by atoms with van der Waals surface area (Å²) in [7, 11) is 1.77. The lowest BCUT2D eigenvalue weighted by molar-refractivity contribution is 0.0796. The Bertz CT molecular complexity index is 538. The standard InChI is InChI=1S/C15H16N2O2/c1-17(11-8-12-6-9-16-10-7-12)15(19)13-2-4-14(18)5-3-13/h2-7,9-10,18H,8,11H2,1H3. The molecule has 1 aromatic carbocycles. The molecule has 98 valence electrons. The van der Waals surface area contributed by atoms with Gasteiger partial charge in [0.1, 0.15) is 5.75 Å². The molecule has 0 saturated carbocycles. The minimum Gasteiger partial charge on any atom is -0.508 e. The van der Waals surface area contributed by atoms with Crippen LogP contribution < -0.4 is 0 Å². The van der Waals surface area contributed by atoms with Gasteiger partial charge >= 0.3 is 0 Å². The summed E-state index contributed by atoms with van der Waals surface area (Å²) in [5, 5.41) is 9.20. The van der Waals surface area contributed by atoms with Gasteiger partial charge in [-0.2, -0.15) is 0 Å². The second kappa shape index (κ2) is 6.00. The SMILES string of the molecule is CN(CCc1ccncc1)C(=O)c1ccc(O)cc1. The number of nitrogens with zero attached hydrogens (tertiary/aromatic N) is 2. The number of benzene rings is 1. The maximum atomic E-state index is 12.1. The van der Waals surface area contributed by atoms with Crippen molar-refractivity contribution < 1.29 is 9.90 Å². The Balaban J connectivity index is 1.94. The number of likely N-dealkylation sites (N-methyl/N-ethyl adjacent to an activating group) is 1. The van der Waals surface area contributed by atoms with Crippen molar-refractivity contribution in [1.82, 2.24) is 9.88 Å². The summed E-state index contributed by atoms with van der Waals surface area (Å²) in [5.41, 5.74) is 1.73. The van der Waals surface area contributed by atoms with E-state index in [9.17, 15) is 9.90 Å². The zero-order valence-electron chi connectivity index (χ0n) is 10.8. The maximum Gasteiger partial charge on any atom is 0.253 e. The van der Waals surface area contributed by atoms with E-state index < -0.39 is 0 Å². The fraction of sp³-hybridized carbons (Fsp3) is 0.200. The van der Waals surface area contributed by atoms with Crippen molar-refractivity contribution in [3.63, 3.8) is 0 Å². The fourth-order valence-electron chi connectivity index (χ4n) is 1.77. The van der Waals surface area contributed by atoms with Crippen LogP contribution in [-0.4, -0.2) is 34.5 Å². The average molecular weight is 256 g/mol. The third-order valence-corrected chi connectivity index (χ3v) is 2.95. The molecule has 0 atom stereocenters. The number of carbonyl (C=O) groups excluding carboxylic acids is 1. The van der Waals surface area contributed by atoms with E-state index in [0.717, 1.165) is 12.0 Å². The highest BCUT2D eigenvalue weighted by molar-refractivity contribution is 5.94. The summed E-state index contributed by atoms with van der Waals surface area (Å²) in [6, 6.07) is 10.2. The molecule has 0 aliphatic carbocycles. The van der Waals surface area contributed by atoms with Crippen molar-refractivity contribution >= 4 is 5.91 Å². The van der Waals surface area contributed by atoms with Gasteiger partial charge in [0.2, 0.25) is 0 Å². The molecule has 4 heteroatoms. The number of amides is 1. The number of pyridine rings is 1. The second-order valence-electron chi connectivity index (χ2n) is 4.38. The zero-order chi connectivity index (χ0) is 13.7. The van der Waals surface area contributed by atoms with Gasteiger partial charge in [-0.15, -0.1) is 0 Å². The Hall–Kier alpha value is -2.36. The number of hydrogen-bond acceptors (Lipinski definition) is 3. The molecule has 1 aromatic heterocycles. The van der Waals surface area contributed by atoms with Crippen molar-refractivity contribution in [3.8, 4) is 5.75 Å². The van der Waals surface area contributed by atoms with E-state index in [2.05, 4.69) is 4.98 Å². The molecule has 0 bridgehead atoms. The Morgan fingerprint density at radius 2 is 1.79 bits per heavy atom. The first-order valence-corrected chi connectivity index (χ1v) is 6.10. The van der Waals surface area contributed by atoms with Crippen molar-refractivity contribution in [2.24, 2.45) is 0 Å². The van der Waals surface area contributed by atoms with Crippen LogP contribution in [-0.2, 0) is 6.42 Å². The van der Waals surface area contributed by atoms with Crippen molar-refractivity contribution in [2.45, 2.75) is 6.42 Å². The highest BCUT2D eigenvalue weighted by Crippen LogP contribution is 2.11. The van der Waals surface area contributed by atoms with Crippen LogP contribution in [0.25, 0.3) is 0 Å². The average Bonchev–Trinajstić information content (AvgIpc) is 2.46. The number of aromatic hydroxyl groups is 1. The van der Waals surface area contributed by atoms with E-state index in [4.69, 9.17) is 0 Å². The van der Waals surface area contributed by atoms with E-state index in [-0.39, 0.29) is 11.7 Å². The lowest BCUT2D eigenvalue weighted by Gasteiger charge is -2.17. The molecule has 4 nitrogen and oxygen atoms in total. The van der Waals surface area contributed by atoms with Crippen LogP contribution in [0.15, 0.2) is 48.8 Å². The van der Waals surface area contributed by atoms with Gasteiger partial charge < -0.3 is 10.0 Å². The third-order valence-electron chi connectivity index (χ3n) is 2.95. The minimum atomic E-state index is -0.0472. The van der Waals surface area contributed by atoms with Gasteiger partial charge in [-0.25, -0.2) is 0 Å². The minimum absolute atomic E-state index is 0.0472. The van der Waals surface area contributed by atoms with E-state index in [1.165, 1.54) is 12.1 Å². The largest absolute Gasteiger partial charge is 0.508 e. The van der Waals surface area contributed by atoms with Gasteiger partial charge in [0.15, 0.2) is 0 Å². The van der Waals surface area contributed by atoms with Crippen LogP contribution in [0, 0.1) is 0 Å². The van der Waals surface area contributed by atoms with Crippen LogP contribution in [0.3, 0.4) is 0 Å². The van der Waals surface area contributed by atoms with Gasteiger partial charge in [-0.3, -0.25) is 9.78 Å². The summed E-state index contributed by atoms with van der Waals surface area (Å²) in [6.07, 6.45) is 4.29. The highest BCUT2D eigenvalue weighted by atomic mass is 16.3. The van der Waals surface area contributed by atoms with Crippen LogP contribution in [0.1, 0.15) is 15.9 Å². The summed E-state index contributed by atoms with van der Waals surface area (Å²) < 4.78 is 0. The van der Waals surface area contributed by atoms with E-state index in [1.54, 1.807) is 36.5 Å². The smallest absolute Gasteiger partial charge is 0.253 e. The lowest BCUT2D eigenvalue weighted by Crippen LogP contribution is -2.28. The molecule has 0 fully saturated rings. The molecule has 1 heterocycles. The van der Waals surface area contributed by atoms with Crippen molar-refractivity contribution in [2.75, 3.05) is 13.6 Å². The summed E-state index contributed by atoms with van der Waals surface area (Å²) in [6.45, 7) is 0.643. The molecule has 1 amide bonds. The monoisotopic (exact) mass is 256 g/mol. The lowest BCUT2D eigenvalue weighted by atomic mass is 10.1. The molecule has 1 N–H and O–H groups in total. The summed E-state index contributed by atoms with van der Waals surface area (Å²) in [5.74, 6) is 0.116. The maximum absolute atomic E-state index is 12.1. The second-order valence-corrected chi connectivity index (χ2v) is 4.38. The van der Waals surface area contributed by atoms with Crippen LogP contribution in [0.4, 0.5) is 0 Å². The molecule has 2 rings (SSSR count). The molecule has 0 spiro atoms. The van der Waals surface area contributed by atoms with Crippen LogP contribution >= 0.6 is 0 Å². The predicted molar refractivity (Wildman–Crippen MR) is 73.0 cm³/mol. The van der Waals surface area contributed by atoms with Crippen LogP contribution in [0.2, 0.25) is 0 Å². The number of phenols is 1. The topological polar surface area (TPSA) is 53.4 Å². The number of aromatic nitrogens is 1. The van der Waals surface area contributed by atoms with Gasteiger partial charge in [-0.1, -0.05) is 0 Å². The highest BCUT2D eigenvalue weighted by Gasteiger charge is 2.11. The van der Waals surface area contributed by atoms with Crippen molar-refractivity contribution in [1.29, 1.82) is 0 Å². The number of carbonyl (C=O) groups is 1. The summed E-state index contributed by atoms with van der Waals surface area (Å²) in [4.78, 5) is 17.7. The fourth-order valence-corrected chi connectivity index (χ4v) is 1.77. The molecule has 0 aliphatic heterocycles. The summed E-state index contributed by atoms with van der Waals surface area (Å²) >= 11 is 0. The first-order chi connectivity index (χ1) is 9.16. The third kappa shape index (κ3) is 3.55. The van der Waals surface area contributed by atoms with Crippen LogP contribution in [0.5, 0.6) is 5.75 Å². The first-order valence-electron chi connectivity index (χ1n) is 6.10. The van der Waals surface area contributed by atoms with Crippen molar-refractivity contribution in [3.05, 3.63) is 59.9 Å². The van der Waals surface area contributed by atoms with E-state index >= 15 is 0 Å². The molecule has 0 aliphatic rings. The normalized spacial score (nSPS) is 10.2. The van der Waals surface area contributed by atoms with Gasteiger partial charge in [0, 0.05) is 31.5 Å². The Labute approximate surface area is 112 Å². The van der Waals surface area contributed by atoms with E-state index in [0.29, 0.717) is 12.1 Å². The Morgan fingerprint density at radius 1 is 1.16 bits per heavy atom. The Morgan fingerprint density at radius 3 is 2.42 bits per heavy atom. The van der Waals surface area contributed by atoms with Gasteiger partial charge in [0.05, 0.1) is 0 Å². The van der Waals surface area contributed by atoms with Gasteiger partial charge in [-0.05, 0) is 48.4 Å². The Kier molecular flexibility index (Phi) is 4.13. The molecule has 2 aromatic rings. The molecule has 0 unspecified atom stereocenters. The molecule has 0 saturated heterocycles. The van der Waals surface area contributed by atoms with E-state index in [1.807, 2.05) is 12.1 Å². The number of rotatable bonds is 4. The number of phenolic OH excluding ortho intramolecular Hbond substituents is 1. The molecule has 0 radical (unpaired) electrons. The quantitative estimate of drug-likeness (QED) is 0.911. The predicted octanol–water partition coefficient (Wildman–Crippen LogP) is 2.10. The number of hydrogen-bond donors (Lipinski definition) is 1. The molecule has 19 heavy (non-hydrogen) atoms. The molecular weight excluding hydrogens is 240 g/mol. The zero-order valence-corrected chi connectivity index (χ0v) is 10.8. The van der Waals surface area contributed by atoms with Gasteiger partial charge in [0.25, 0.3) is 5.91 Å². The molecular formula is C15H16N2O2.